The third kappa shape index (κ3) is 1.75. The monoisotopic (exact) mass is 205 g/mol. The van der Waals surface area contributed by atoms with E-state index in [1.807, 2.05) is 0 Å². The Morgan fingerprint density at radius 3 is 3.20 bits per heavy atom. The van der Waals surface area contributed by atoms with Crippen LogP contribution in [0.3, 0.4) is 0 Å². The number of amides is 1. The lowest BCUT2D eigenvalue weighted by atomic mass is 10.3. The summed E-state index contributed by atoms with van der Waals surface area (Å²) in [4.78, 5) is 11.0. The summed E-state index contributed by atoms with van der Waals surface area (Å²) in [5.74, 6) is 0.249. The molecule has 0 unspecified atom stereocenters. The molecule has 0 aliphatic rings. The third-order valence-corrected chi connectivity index (χ3v) is 1.67. The quantitative estimate of drug-likeness (QED) is 0.714. The standard InChI is InChI=1S/C8H7N5O2/c1-2-6(14)9-8-5(3-4-15-8)7-10-12-13-11-7/h2-4H,1H2,(H,9,14)(H,10,11,12,13). The second kappa shape index (κ2) is 3.74. The molecule has 2 aromatic heterocycles. The van der Waals surface area contributed by atoms with E-state index in [0.29, 0.717) is 11.4 Å². The van der Waals surface area contributed by atoms with E-state index in [-0.39, 0.29) is 11.8 Å². The fraction of sp³-hybridized carbons (Fsp3) is 0. The van der Waals surface area contributed by atoms with E-state index in [1.54, 1.807) is 6.07 Å². The molecule has 2 aromatic rings. The molecule has 15 heavy (non-hydrogen) atoms. The molecule has 0 aliphatic carbocycles. The van der Waals surface area contributed by atoms with Crippen molar-refractivity contribution in [2.45, 2.75) is 0 Å². The number of furan rings is 1. The Balaban J connectivity index is 2.30. The fourth-order valence-electron chi connectivity index (χ4n) is 1.02. The van der Waals surface area contributed by atoms with Crippen molar-refractivity contribution in [1.82, 2.24) is 20.6 Å². The number of nitrogens with zero attached hydrogens (tertiary/aromatic N) is 3. The van der Waals surface area contributed by atoms with Crippen molar-refractivity contribution >= 4 is 11.8 Å². The van der Waals surface area contributed by atoms with Crippen molar-refractivity contribution in [3.8, 4) is 11.4 Å². The molecule has 7 heteroatoms. The van der Waals surface area contributed by atoms with Crippen LogP contribution in [0.2, 0.25) is 0 Å². The van der Waals surface area contributed by atoms with Gasteiger partial charge in [0.1, 0.15) is 0 Å². The number of carbonyl (C=O) groups is 1. The molecular formula is C8H7N5O2. The van der Waals surface area contributed by atoms with E-state index in [1.165, 1.54) is 6.26 Å². The maximum atomic E-state index is 11.0. The van der Waals surface area contributed by atoms with Crippen LogP contribution in [0.15, 0.2) is 29.4 Å². The van der Waals surface area contributed by atoms with Crippen LogP contribution in [-0.4, -0.2) is 26.5 Å². The van der Waals surface area contributed by atoms with Gasteiger partial charge in [-0.25, -0.2) is 0 Å². The number of aromatic amines is 1. The topological polar surface area (TPSA) is 96.7 Å². The summed E-state index contributed by atoms with van der Waals surface area (Å²) in [6.45, 7) is 3.33. The first-order valence-electron chi connectivity index (χ1n) is 4.06. The number of anilines is 1. The summed E-state index contributed by atoms with van der Waals surface area (Å²) >= 11 is 0. The van der Waals surface area contributed by atoms with Gasteiger partial charge in [0, 0.05) is 0 Å². The molecule has 0 bridgehead atoms. The number of nitrogens with one attached hydrogen (secondary N) is 2. The van der Waals surface area contributed by atoms with Gasteiger partial charge in [-0.1, -0.05) is 6.58 Å². The lowest BCUT2D eigenvalue weighted by Crippen LogP contribution is -2.07. The molecule has 2 rings (SSSR count). The first kappa shape index (κ1) is 9.13. The predicted molar refractivity (Wildman–Crippen MR) is 50.7 cm³/mol. The van der Waals surface area contributed by atoms with Crippen LogP contribution in [0.4, 0.5) is 5.88 Å². The molecule has 76 valence electrons. The van der Waals surface area contributed by atoms with Crippen molar-refractivity contribution in [2.75, 3.05) is 5.32 Å². The summed E-state index contributed by atoms with van der Waals surface area (Å²) in [6, 6.07) is 1.63. The van der Waals surface area contributed by atoms with E-state index in [4.69, 9.17) is 4.42 Å². The molecular weight excluding hydrogens is 198 g/mol. The lowest BCUT2D eigenvalue weighted by Gasteiger charge is -1.98. The van der Waals surface area contributed by atoms with Gasteiger partial charge in [-0.05, 0) is 17.4 Å². The van der Waals surface area contributed by atoms with Crippen LogP contribution in [-0.2, 0) is 4.79 Å². The van der Waals surface area contributed by atoms with E-state index in [0.717, 1.165) is 6.08 Å². The van der Waals surface area contributed by atoms with Crippen LogP contribution in [0.25, 0.3) is 11.4 Å². The zero-order valence-electron chi connectivity index (χ0n) is 7.60. The van der Waals surface area contributed by atoms with Crippen molar-refractivity contribution in [3.05, 3.63) is 25.0 Å². The van der Waals surface area contributed by atoms with Gasteiger partial charge < -0.3 is 4.42 Å². The van der Waals surface area contributed by atoms with Crippen LogP contribution < -0.4 is 5.32 Å². The molecule has 7 nitrogen and oxygen atoms in total. The first-order chi connectivity index (χ1) is 7.31. The Hall–Kier alpha value is -2.44. The molecule has 2 N–H and O–H groups in total. The normalized spacial score (nSPS) is 9.87. The Morgan fingerprint density at radius 2 is 2.53 bits per heavy atom. The minimum Gasteiger partial charge on any atom is -0.448 e. The van der Waals surface area contributed by atoms with Crippen LogP contribution in [0.5, 0.6) is 0 Å². The van der Waals surface area contributed by atoms with Crippen LogP contribution >= 0.6 is 0 Å². The van der Waals surface area contributed by atoms with Gasteiger partial charge >= 0.3 is 0 Å². The maximum absolute atomic E-state index is 11.0. The van der Waals surface area contributed by atoms with E-state index in [2.05, 4.69) is 32.5 Å². The fourth-order valence-corrected chi connectivity index (χ4v) is 1.02. The molecule has 0 radical (unpaired) electrons. The highest BCUT2D eigenvalue weighted by atomic mass is 16.3. The summed E-state index contributed by atoms with van der Waals surface area (Å²) < 4.78 is 5.06. The Morgan fingerprint density at radius 1 is 1.67 bits per heavy atom. The number of rotatable bonds is 3. The maximum Gasteiger partial charge on any atom is 0.250 e. The summed E-state index contributed by atoms with van der Waals surface area (Å²) in [6.07, 6.45) is 2.56. The number of tetrazole rings is 1. The van der Waals surface area contributed by atoms with Crippen LogP contribution in [0.1, 0.15) is 0 Å². The molecule has 0 spiro atoms. The minimum absolute atomic E-state index is 0.265. The van der Waals surface area contributed by atoms with Gasteiger partial charge in [-0.3, -0.25) is 10.1 Å². The number of carbonyl (C=O) groups excluding carboxylic acids is 1. The van der Waals surface area contributed by atoms with Gasteiger partial charge in [0.15, 0.2) is 0 Å². The second-order valence-electron chi connectivity index (χ2n) is 2.59. The van der Waals surface area contributed by atoms with Gasteiger partial charge in [0.05, 0.1) is 11.8 Å². The van der Waals surface area contributed by atoms with E-state index < -0.39 is 0 Å². The van der Waals surface area contributed by atoms with Crippen molar-refractivity contribution < 1.29 is 9.21 Å². The highest BCUT2D eigenvalue weighted by Gasteiger charge is 2.13. The van der Waals surface area contributed by atoms with Crippen molar-refractivity contribution in [3.63, 3.8) is 0 Å². The Bertz CT molecular complexity index is 473. The molecule has 1 amide bonds. The Kier molecular flexibility index (Phi) is 2.28. The minimum atomic E-state index is -0.366. The number of aromatic nitrogens is 4. The smallest absolute Gasteiger partial charge is 0.250 e. The van der Waals surface area contributed by atoms with Crippen LogP contribution in [0, 0.1) is 0 Å². The Labute approximate surface area is 84.2 Å². The highest BCUT2D eigenvalue weighted by molar-refractivity contribution is 5.99. The molecule has 0 saturated heterocycles. The lowest BCUT2D eigenvalue weighted by molar-refractivity contribution is -0.112. The average molecular weight is 205 g/mol. The summed E-state index contributed by atoms with van der Waals surface area (Å²) in [7, 11) is 0. The predicted octanol–water partition coefficient (Wildman–Crippen LogP) is 0.584. The van der Waals surface area contributed by atoms with Gasteiger partial charge in [0.25, 0.3) is 0 Å². The zero-order chi connectivity index (χ0) is 10.7. The van der Waals surface area contributed by atoms with E-state index in [9.17, 15) is 4.79 Å². The highest BCUT2D eigenvalue weighted by Crippen LogP contribution is 2.25. The van der Waals surface area contributed by atoms with Crippen molar-refractivity contribution in [2.24, 2.45) is 0 Å². The van der Waals surface area contributed by atoms with Gasteiger partial charge in [-0.2, -0.15) is 5.21 Å². The first-order valence-corrected chi connectivity index (χ1v) is 4.06. The zero-order valence-corrected chi connectivity index (χ0v) is 7.60. The number of hydrogen-bond donors (Lipinski definition) is 2. The largest absolute Gasteiger partial charge is 0.448 e. The molecule has 0 aromatic carbocycles. The second-order valence-corrected chi connectivity index (χ2v) is 2.59. The van der Waals surface area contributed by atoms with E-state index >= 15 is 0 Å². The molecule has 0 fully saturated rings. The SMILES string of the molecule is C=CC(=O)Nc1occc1-c1nn[nH]n1. The molecule has 0 atom stereocenters. The number of hydrogen-bond acceptors (Lipinski definition) is 5. The average Bonchev–Trinajstić information content (AvgIpc) is 2.86. The molecule has 0 saturated carbocycles. The third-order valence-electron chi connectivity index (χ3n) is 1.67. The van der Waals surface area contributed by atoms with Gasteiger partial charge in [0.2, 0.25) is 17.6 Å². The molecule has 2 heterocycles. The number of H-pyrrole nitrogens is 1. The summed E-state index contributed by atoms with van der Waals surface area (Å²) in [5, 5.41) is 15.7. The molecule has 0 aliphatic heterocycles. The summed E-state index contributed by atoms with van der Waals surface area (Å²) in [5.41, 5.74) is 0.555. The van der Waals surface area contributed by atoms with Crippen molar-refractivity contribution in [1.29, 1.82) is 0 Å². The van der Waals surface area contributed by atoms with Gasteiger partial charge in [-0.15, -0.1) is 10.2 Å².